The molecule has 39 heavy (non-hydrogen) atoms. The Hall–Kier alpha value is -3.40. The highest BCUT2D eigenvalue weighted by Crippen LogP contribution is 2.21. The van der Waals surface area contributed by atoms with Crippen LogP contribution < -0.4 is 5.32 Å². The maximum atomic E-state index is 13.9. The molecule has 2 amide bonds. The molecule has 1 aliphatic carbocycles. The van der Waals surface area contributed by atoms with E-state index in [9.17, 15) is 9.59 Å². The quantitative estimate of drug-likeness (QED) is 0.290. The van der Waals surface area contributed by atoms with Crippen molar-refractivity contribution in [2.24, 2.45) is 0 Å². The number of rotatable bonds is 11. The molecule has 0 spiro atoms. The lowest BCUT2D eigenvalue weighted by Crippen LogP contribution is -2.52. The summed E-state index contributed by atoms with van der Waals surface area (Å²) in [4.78, 5) is 29.6. The van der Waals surface area contributed by atoms with Gasteiger partial charge >= 0.3 is 0 Å². The molecule has 4 nitrogen and oxygen atoms in total. The molecule has 0 heterocycles. The van der Waals surface area contributed by atoms with E-state index in [1.54, 1.807) is 0 Å². The predicted molar refractivity (Wildman–Crippen MR) is 160 cm³/mol. The van der Waals surface area contributed by atoms with Gasteiger partial charge in [0.15, 0.2) is 0 Å². The number of carbonyl (C=O) groups excluding carboxylic acids is 2. The molecule has 4 rings (SSSR count). The van der Waals surface area contributed by atoms with E-state index in [1.165, 1.54) is 17.5 Å². The third-order valence-corrected chi connectivity index (χ3v) is 7.97. The molecule has 3 aromatic carbocycles. The normalized spacial score (nSPS) is 14.7. The largest absolute Gasteiger partial charge is 0.352 e. The van der Waals surface area contributed by atoms with Gasteiger partial charge in [-0.2, -0.15) is 0 Å². The number of carbonyl (C=O) groups is 2. The van der Waals surface area contributed by atoms with Crippen LogP contribution in [0.25, 0.3) is 0 Å². The molecule has 0 bridgehead atoms. The lowest BCUT2D eigenvalue weighted by molar-refractivity contribution is -0.141. The standard InChI is InChI=1S/C35H44N2O2/c1-26(2)31-21-18-28(19-22-31)20-23-34(38)37(25-30-16-14-27(3)15-17-30)33(24-29-10-6-4-7-11-29)35(39)36-32-12-8-5-9-13-32/h4,6-7,10-11,14-19,21-22,26,32-33H,5,8-9,12-13,20,23-25H2,1-3H3,(H,36,39). The summed E-state index contributed by atoms with van der Waals surface area (Å²) in [6.45, 7) is 6.85. The Balaban J connectivity index is 1.58. The summed E-state index contributed by atoms with van der Waals surface area (Å²) in [6.07, 6.45) is 7.09. The first kappa shape index (κ1) is 28.6. The minimum Gasteiger partial charge on any atom is -0.352 e. The van der Waals surface area contributed by atoms with E-state index in [4.69, 9.17) is 0 Å². The summed E-state index contributed by atoms with van der Waals surface area (Å²) >= 11 is 0. The van der Waals surface area contributed by atoms with Crippen LogP contribution in [0.3, 0.4) is 0 Å². The minimum absolute atomic E-state index is 0.0169. The molecule has 1 aliphatic rings. The zero-order valence-electron chi connectivity index (χ0n) is 23.9. The van der Waals surface area contributed by atoms with Crippen LogP contribution in [0.2, 0.25) is 0 Å². The Morgan fingerprint density at radius 3 is 2.10 bits per heavy atom. The van der Waals surface area contributed by atoms with Gasteiger partial charge in [0.1, 0.15) is 6.04 Å². The molecule has 1 atom stereocenters. The average Bonchev–Trinajstić information content (AvgIpc) is 2.96. The second-order valence-electron chi connectivity index (χ2n) is 11.5. The van der Waals surface area contributed by atoms with E-state index in [0.717, 1.165) is 42.4 Å². The number of hydrogen-bond donors (Lipinski definition) is 1. The van der Waals surface area contributed by atoms with Crippen LogP contribution in [-0.2, 0) is 29.0 Å². The Morgan fingerprint density at radius 1 is 0.821 bits per heavy atom. The van der Waals surface area contributed by atoms with Gasteiger partial charge in [-0.05, 0) is 54.4 Å². The molecule has 1 N–H and O–H groups in total. The summed E-state index contributed by atoms with van der Waals surface area (Å²) in [5.74, 6) is 0.461. The second-order valence-corrected chi connectivity index (χ2v) is 11.5. The third-order valence-electron chi connectivity index (χ3n) is 7.97. The number of aryl methyl sites for hydroxylation is 2. The van der Waals surface area contributed by atoms with Gasteiger partial charge in [0.25, 0.3) is 0 Å². The van der Waals surface area contributed by atoms with Gasteiger partial charge in [0.2, 0.25) is 11.8 Å². The summed E-state index contributed by atoms with van der Waals surface area (Å²) < 4.78 is 0. The third kappa shape index (κ3) is 8.54. The van der Waals surface area contributed by atoms with Gasteiger partial charge in [-0.25, -0.2) is 0 Å². The van der Waals surface area contributed by atoms with Gasteiger partial charge in [-0.1, -0.05) is 118 Å². The lowest BCUT2D eigenvalue weighted by atomic mass is 9.94. The summed E-state index contributed by atoms with van der Waals surface area (Å²) in [7, 11) is 0. The van der Waals surface area contributed by atoms with Crippen LogP contribution in [-0.4, -0.2) is 28.8 Å². The average molecular weight is 525 g/mol. The molecule has 0 radical (unpaired) electrons. The van der Waals surface area contributed by atoms with Crippen molar-refractivity contribution in [3.8, 4) is 0 Å². The molecule has 1 saturated carbocycles. The molecule has 1 fully saturated rings. The molecular weight excluding hydrogens is 480 g/mol. The van der Waals surface area contributed by atoms with Crippen LogP contribution in [0.4, 0.5) is 0 Å². The highest BCUT2D eigenvalue weighted by atomic mass is 16.2. The number of nitrogens with zero attached hydrogens (tertiary/aromatic N) is 1. The highest BCUT2D eigenvalue weighted by molar-refractivity contribution is 5.88. The summed E-state index contributed by atoms with van der Waals surface area (Å²) in [6, 6.07) is 26.6. The monoisotopic (exact) mass is 524 g/mol. The molecule has 0 saturated heterocycles. The fourth-order valence-electron chi connectivity index (χ4n) is 5.45. The Morgan fingerprint density at radius 2 is 1.46 bits per heavy atom. The number of hydrogen-bond acceptors (Lipinski definition) is 2. The first-order valence-electron chi connectivity index (χ1n) is 14.7. The van der Waals surface area contributed by atoms with E-state index in [0.29, 0.717) is 31.7 Å². The number of amides is 2. The molecule has 3 aromatic rings. The van der Waals surface area contributed by atoms with Crippen LogP contribution in [0.5, 0.6) is 0 Å². The van der Waals surface area contributed by atoms with Crippen LogP contribution in [0.15, 0.2) is 78.9 Å². The Bertz CT molecular complexity index is 1180. The maximum absolute atomic E-state index is 13.9. The van der Waals surface area contributed by atoms with Crippen LogP contribution in [0, 0.1) is 6.92 Å². The maximum Gasteiger partial charge on any atom is 0.243 e. The SMILES string of the molecule is Cc1ccc(CN(C(=O)CCc2ccc(C(C)C)cc2)C(Cc2ccccc2)C(=O)NC2CCCCC2)cc1. The molecule has 4 heteroatoms. The van der Waals surface area contributed by atoms with Gasteiger partial charge < -0.3 is 10.2 Å². The van der Waals surface area contributed by atoms with Crippen molar-refractivity contribution in [1.82, 2.24) is 10.2 Å². The van der Waals surface area contributed by atoms with Crippen molar-refractivity contribution in [3.05, 3.63) is 107 Å². The molecule has 0 aliphatic heterocycles. The minimum atomic E-state index is -0.563. The van der Waals surface area contributed by atoms with Gasteiger partial charge in [-0.15, -0.1) is 0 Å². The summed E-state index contributed by atoms with van der Waals surface area (Å²) in [5, 5.41) is 3.33. The lowest BCUT2D eigenvalue weighted by Gasteiger charge is -2.33. The van der Waals surface area contributed by atoms with Gasteiger partial charge in [0.05, 0.1) is 0 Å². The smallest absolute Gasteiger partial charge is 0.243 e. The van der Waals surface area contributed by atoms with E-state index in [-0.39, 0.29) is 17.9 Å². The highest BCUT2D eigenvalue weighted by Gasteiger charge is 2.31. The topological polar surface area (TPSA) is 49.4 Å². The van der Waals surface area contributed by atoms with Crippen molar-refractivity contribution in [2.75, 3.05) is 0 Å². The number of benzene rings is 3. The molecule has 0 aromatic heterocycles. The van der Waals surface area contributed by atoms with E-state index in [1.807, 2.05) is 35.2 Å². The fraction of sp³-hybridized carbons (Fsp3) is 0.429. The predicted octanol–water partition coefficient (Wildman–Crippen LogP) is 7.14. The zero-order chi connectivity index (χ0) is 27.6. The van der Waals surface area contributed by atoms with Crippen molar-refractivity contribution in [2.45, 2.75) is 96.7 Å². The molecule has 1 unspecified atom stereocenters. The Labute approximate surface area is 234 Å². The van der Waals surface area contributed by atoms with Crippen molar-refractivity contribution in [3.63, 3.8) is 0 Å². The van der Waals surface area contributed by atoms with Gasteiger partial charge in [0, 0.05) is 25.4 Å². The first-order valence-corrected chi connectivity index (χ1v) is 14.7. The van der Waals surface area contributed by atoms with Crippen molar-refractivity contribution in [1.29, 1.82) is 0 Å². The summed E-state index contributed by atoms with van der Waals surface area (Å²) in [5.41, 5.74) is 5.73. The van der Waals surface area contributed by atoms with E-state index in [2.05, 4.69) is 74.6 Å². The van der Waals surface area contributed by atoms with Crippen LogP contribution >= 0.6 is 0 Å². The number of nitrogens with one attached hydrogen (secondary N) is 1. The van der Waals surface area contributed by atoms with E-state index < -0.39 is 6.04 Å². The molecular formula is C35H44N2O2. The fourth-order valence-corrected chi connectivity index (χ4v) is 5.45. The zero-order valence-corrected chi connectivity index (χ0v) is 23.9. The second kappa shape index (κ2) is 14.1. The first-order chi connectivity index (χ1) is 18.9. The van der Waals surface area contributed by atoms with E-state index >= 15 is 0 Å². The Kier molecular flexibility index (Phi) is 10.4. The van der Waals surface area contributed by atoms with Gasteiger partial charge in [-0.3, -0.25) is 9.59 Å². The van der Waals surface area contributed by atoms with Crippen LogP contribution in [0.1, 0.15) is 86.1 Å². The van der Waals surface area contributed by atoms with Crippen molar-refractivity contribution >= 4 is 11.8 Å². The molecule has 206 valence electrons. The van der Waals surface area contributed by atoms with Crippen molar-refractivity contribution < 1.29 is 9.59 Å².